The Bertz CT molecular complexity index is 175. The third-order valence-corrected chi connectivity index (χ3v) is 2.45. The highest BCUT2D eigenvalue weighted by molar-refractivity contribution is 5.81. The summed E-state index contributed by atoms with van der Waals surface area (Å²) in [5.74, 6) is 0.0211. The predicted molar refractivity (Wildman–Crippen MR) is 54.9 cm³/mol. The van der Waals surface area contributed by atoms with Gasteiger partial charge in [-0.1, -0.05) is 12.8 Å². The smallest absolute Gasteiger partial charge is 0.237 e. The van der Waals surface area contributed by atoms with Crippen LogP contribution in [0.3, 0.4) is 0 Å². The maximum absolute atomic E-state index is 11.6. The van der Waals surface area contributed by atoms with E-state index in [1.807, 2.05) is 0 Å². The zero-order valence-electron chi connectivity index (χ0n) is 8.75. The zero-order valence-corrected chi connectivity index (χ0v) is 8.75. The molecule has 1 saturated heterocycles. The number of hydrogen-bond acceptors (Lipinski definition) is 3. The van der Waals surface area contributed by atoms with Gasteiger partial charge in [-0.05, 0) is 26.3 Å². The molecule has 2 unspecified atom stereocenters. The molecule has 0 aromatic rings. The van der Waals surface area contributed by atoms with E-state index in [-0.39, 0.29) is 11.9 Å². The molecule has 0 spiro atoms. The van der Waals surface area contributed by atoms with Gasteiger partial charge in [0.25, 0.3) is 0 Å². The molecule has 1 heterocycles. The van der Waals surface area contributed by atoms with E-state index in [9.17, 15) is 4.79 Å². The Morgan fingerprint density at radius 1 is 1.57 bits per heavy atom. The van der Waals surface area contributed by atoms with Crippen LogP contribution in [-0.4, -0.2) is 36.2 Å². The molecule has 0 radical (unpaired) electrons. The lowest BCUT2D eigenvalue weighted by Gasteiger charge is -2.16. The quantitative estimate of drug-likeness (QED) is 0.601. The third kappa shape index (κ3) is 4.07. The monoisotopic (exact) mass is 200 g/mol. The molecule has 0 bridgehead atoms. The summed E-state index contributed by atoms with van der Waals surface area (Å²) in [5, 5.41) is 15.0. The maximum Gasteiger partial charge on any atom is 0.237 e. The lowest BCUT2D eigenvalue weighted by Crippen LogP contribution is -2.45. The highest BCUT2D eigenvalue weighted by atomic mass is 16.3. The molecule has 4 nitrogen and oxygen atoms in total. The summed E-state index contributed by atoms with van der Waals surface area (Å²) in [6.07, 6.45) is 3.91. The number of carbonyl (C=O) groups is 1. The molecule has 4 heteroatoms. The average Bonchev–Trinajstić information content (AvgIpc) is 2.42. The van der Waals surface area contributed by atoms with Crippen LogP contribution in [0.1, 0.15) is 32.6 Å². The second kappa shape index (κ2) is 5.98. The summed E-state index contributed by atoms with van der Waals surface area (Å²) in [7, 11) is 0. The van der Waals surface area contributed by atoms with Crippen LogP contribution in [0, 0.1) is 0 Å². The first-order valence-electron chi connectivity index (χ1n) is 5.39. The first-order valence-corrected chi connectivity index (χ1v) is 5.39. The molecule has 0 saturated carbocycles. The summed E-state index contributed by atoms with van der Waals surface area (Å²) >= 11 is 0. The van der Waals surface area contributed by atoms with E-state index in [1.54, 1.807) is 6.92 Å². The van der Waals surface area contributed by atoms with Gasteiger partial charge >= 0.3 is 0 Å². The minimum atomic E-state index is -0.468. The molecule has 1 aliphatic heterocycles. The highest BCUT2D eigenvalue weighted by Crippen LogP contribution is 2.08. The number of aliphatic hydroxyl groups excluding tert-OH is 1. The number of rotatable bonds is 3. The van der Waals surface area contributed by atoms with Crippen molar-refractivity contribution in [1.29, 1.82) is 0 Å². The molecule has 0 aliphatic carbocycles. The molecular weight excluding hydrogens is 180 g/mol. The lowest BCUT2D eigenvalue weighted by atomic mass is 10.1. The summed E-state index contributed by atoms with van der Waals surface area (Å²) in [5.41, 5.74) is 0. The van der Waals surface area contributed by atoms with E-state index in [2.05, 4.69) is 10.6 Å². The van der Waals surface area contributed by atoms with Gasteiger partial charge in [0.2, 0.25) is 5.91 Å². The Morgan fingerprint density at radius 3 is 3.07 bits per heavy atom. The van der Waals surface area contributed by atoms with E-state index in [0.29, 0.717) is 6.54 Å². The van der Waals surface area contributed by atoms with Gasteiger partial charge in [-0.3, -0.25) is 4.79 Å². The first kappa shape index (κ1) is 11.5. The van der Waals surface area contributed by atoms with Crippen molar-refractivity contribution in [3.63, 3.8) is 0 Å². The fourth-order valence-corrected chi connectivity index (χ4v) is 1.62. The molecule has 3 N–H and O–H groups in total. The zero-order chi connectivity index (χ0) is 10.4. The van der Waals surface area contributed by atoms with Gasteiger partial charge in [0.15, 0.2) is 0 Å². The Morgan fingerprint density at radius 2 is 2.36 bits per heavy atom. The summed E-state index contributed by atoms with van der Waals surface area (Å²) in [4.78, 5) is 11.6. The predicted octanol–water partition coefficient (Wildman–Crippen LogP) is 0.0156. The van der Waals surface area contributed by atoms with Gasteiger partial charge in [-0.25, -0.2) is 0 Å². The molecule has 82 valence electrons. The fourth-order valence-electron chi connectivity index (χ4n) is 1.62. The van der Waals surface area contributed by atoms with Crippen LogP contribution in [0.2, 0.25) is 0 Å². The third-order valence-electron chi connectivity index (χ3n) is 2.45. The Hall–Kier alpha value is -0.610. The van der Waals surface area contributed by atoms with Crippen molar-refractivity contribution >= 4 is 5.91 Å². The van der Waals surface area contributed by atoms with Crippen LogP contribution in [-0.2, 0) is 4.79 Å². The van der Waals surface area contributed by atoms with Gasteiger partial charge in [0.05, 0.1) is 12.1 Å². The maximum atomic E-state index is 11.6. The minimum absolute atomic E-state index is 0.0211. The highest BCUT2D eigenvalue weighted by Gasteiger charge is 2.18. The van der Waals surface area contributed by atoms with Crippen LogP contribution in [0.4, 0.5) is 0 Å². The molecule has 1 aliphatic rings. The molecular formula is C10H20N2O2. The Kier molecular flexibility index (Phi) is 4.90. The second-order valence-corrected chi connectivity index (χ2v) is 3.95. The topological polar surface area (TPSA) is 61.4 Å². The number of hydrogen-bond donors (Lipinski definition) is 3. The number of amides is 1. The van der Waals surface area contributed by atoms with Crippen molar-refractivity contribution < 1.29 is 9.90 Å². The SMILES string of the molecule is CC(O)CNC(=O)C1CCCCCN1. The molecule has 0 aromatic heterocycles. The van der Waals surface area contributed by atoms with Crippen LogP contribution in [0.15, 0.2) is 0 Å². The lowest BCUT2D eigenvalue weighted by molar-refractivity contribution is -0.123. The fraction of sp³-hybridized carbons (Fsp3) is 0.900. The Labute approximate surface area is 85.1 Å². The van der Waals surface area contributed by atoms with Gasteiger partial charge in [0, 0.05) is 6.54 Å². The average molecular weight is 200 g/mol. The van der Waals surface area contributed by atoms with E-state index >= 15 is 0 Å². The van der Waals surface area contributed by atoms with Crippen molar-refractivity contribution in [3.8, 4) is 0 Å². The largest absolute Gasteiger partial charge is 0.392 e. The van der Waals surface area contributed by atoms with E-state index in [0.717, 1.165) is 25.8 Å². The van der Waals surface area contributed by atoms with Crippen molar-refractivity contribution in [2.45, 2.75) is 44.8 Å². The Balaban J connectivity index is 2.27. The molecule has 0 aromatic carbocycles. The molecule has 2 atom stereocenters. The van der Waals surface area contributed by atoms with E-state index in [4.69, 9.17) is 5.11 Å². The molecule has 14 heavy (non-hydrogen) atoms. The van der Waals surface area contributed by atoms with Crippen molar-refractivity contribution in [1.82, 2.24) is 10.6 Å². The van der Waals surface area contributed by atoms with Crippen LogP contribution < -0.4 is 10.6 Å². The first-order chi connectivity index (χ1) is 6.70. The van der Waals surface area contributed by atoms with Crippen molar-refractivity contribution in [2.75, 3.05) is 13.1 Å². The van der Waals surface area contributed by atoms with Crippen LogP contribution >= 0.6 is 0 Å². The van der Waals surface area contributed by atoms with Crippen molar-refractivity contribution in [3.05, 3.63) is 0 Å². The normalized spacial score (nSPS) is 25.1. The van der Waals surface area contributed by atoms with Crippen molar-refractivity contribution in [2.24, 2.45) is 0 Å². The second-order valence-electron chi connectivity index (χ2n) is 3.95. The molecule has 1 amide bonds. The minimum Gasteiger partial charge on any atom is -0.392 e. The van der Waals surface area contributed by atoms with Gasteiger partial charge in [-0.2, -0.15) is 0 Å². The molecule has 1 fully saturated rings. The van der Waals surface area contributed by atoms with Gasteiger partial charge < -0.3 is 15.7 Å². The summed E-state index contributed by atoms with van der Waals surface area (Å²) in [6.45, 7) is 2.94. The van der Waals surface area contributed by atoms with Gasteiger partial charge in [0.1, 0.15) is 0 Å². The van der Waals surface area contributed by atoms with Crippen LogP contribution in [0.25, 0.3) is 0 Å². The standard InChI is InChI=1S/C10H20N2O2/c1-8(13)7-12-10(14)9-5-3-2-4-6-11-9/h8-9,11,13H,2-7H2,1H3,(H,12,14). The number of nitrogens with one attached hydrogen (secondary N) is 2. The van der Waals surface area contributed by atoms with Gasteiger partial charge in [-0.15, -0.1) is 0 Å². The number of carbonyl (C=O) groups excluding carboxylic acids is 1. The number of aliphatic hydroxyl groups is 1. The van der Waals surface area contributed by atoms with Crippen LogP contribution in [0.5, 0.6) is 0 Å². The summed E-state index contributed by atoms with van der Waals surface area (Å²) < 4.78 is 0. The summed E-state index contributed by atoms with van der Waals surface area (Å²) in [6, 6.07) is -0.0590. The molecule has 1 rings (SSSR count). The van der Waals surface area contributed by atoms with E-state index < -0.39 is 6.10 Å². The van der Waals surface area contributed by atoms with E-state index in [1.165, 1.54) is 6.42 Å².